The second kappa shape index (κ2) is 8.28. The van der Waals surface area contributed by atoms with Gasteiger partial charge in [0.15, 0.2) is 0 Å². The van der Waals surface area contributed by atoms with E-state index in [0.717, 1.165) is 23.7 Å². The number of aliphatic hydroxyl groups is 1. The number of aliphatic hydroxyl groups excluding tert-OH is 1. The van der Waals surface area contributed by atoms with Gasteiger partial charge >= 0.3 is 6.03 Å². The van der Waals surface area contributed by atoms with E-state index < -0.39 is 6.10 Å². The number of benzene rings is 1. The van der Waals surface area contributed by atoms with Crippen molar-refractivity contribution in [2.75, 3.05) is 18.5 Å². The Bertz CT molecular complexity index is 656. The van der Waals surface area contributed by atoms with Gasteiger partial charge in [-0.15, -0.1) is 0 Å². The first-order valence-electron chi connectivity index (χ1n) is 8.12. The Hall–Kier alpha value is -1.89. The molecule has 0 radical (unpaired) electrons. The van der Waals surface area contributed by atoms with Crippen molar-refractivity contribution < 1.29 is 14.6 Å². The molecule has 1 saturated carbocycles. The minimum atomic E-state index is -0.691. The smallest absolute Gasteiger partial charge is 0.319 e. The lowest BCUT2D eigenvalue weighted by Crippen LogP contribution is -2.32. The molecule has 3 rings (SSSR count). The van der Waals surface area contributed by atoms with Gasteiger partial charge in [-0.05, 0) is 58.8 Å². The predicted octanol–water partition coefficient (Wildman–Crippen LogP) is 3.53. The summed E-state index contributed by atoms with van der Waals surface area (Å²) in [6, 6.07) is 9.13. The third-order valence-corrected chi connectivity index (χ3v) is 4.59. The van der Waals surface area contributed by atoms with Gasteiger partial charge in [-0.3, -0.25) is 0 Å². The Morgan fingerprint density at radius 1 is 1.38 bits per heavy atom. The normalized spacial score (nSPS) is 15.0. The molecule has 1 aliphatic rings. The molecule has 1 heterocycles. The molecule has 0 saturated heterocycles. The molecule has 24 heavy (non-hydrogen) atoms. The fourth-order valence-electron chi connectivity index (χ4n) is 2.31. The van der Waals surface area contributed by atoms with Gasteiger partial charge in [0.2, 0.25) is 0 Å². The molecule has 5 nitrogen and oxygen atoms in total. The highest BCUT2D eigenvalue weighted by Gasteiger charge is 2.21. The van der Waals surface area contributed by atoms with E-state index in [1.54, 1.807) is 0 Å². The summed E-state index contributed by atoms with van der Waals surface area (Å²) in [5, 5.41) is 19.2. The number of carbonyl (C=O) groups is 1. The van der Waals surface area contributed by atoms with Gasteiger partial charge in [-0.25, -0.2) is 4.79 Å². The number of rotatable bonds is 8. The molecule has 1 aromatic heterocycles. The molecule has 0 aliphatic heterocycles. The highest BCUT2D eigenvalue weighted by Crippen LogP contribution is 2.29. The molecule has 2 amide bonds. The minimum absolute atomic E-state index is 0.173. The summed E-state index contributed by atoms with van der Waals surface area (Å²) in [5.41, 5.74) is 2.56. The topological polar surface area (TPSA) is 70.6 Å². The van der Waals surface area contributed by atoms with E-state index in [1.165, 1.54) is 24.2 Å². The number of anilines is 1. The van der Waals surface area contributed by atoms with Crippen LogP contribution in [0.4, 0.5) is 10.5 Å². The van der Waals surface area contributed by atoms with Crippen LogP contribution < -0.4 is 10.6 Å². The predicted molar refractivity (Wildman–Crippen MR) is 95.1 cm³/mol. The highest BCUT2D eigenvalue weighted by molar-refractivity contribution is 7.07. The van der Waals surface area contributed by atoms with Crippen molar-refractivity contribution in [1.29, 1.82) is 0 Å². The lowest BCUT2D eigenvalue weighted by Gasteiger charge is -2.12. The molecule has 2 aromatic rings. The second-order valence-corrected chi connectivity index (χ2v) is 6.85. The van der Waals surface area contributed by atoms with Crippen LogP contribution >= 0.6 is 11.3 Å². The summed E-state index contributed by atoms with van der Waals surface area (Å²) in [6.45, 7) is 1.55. The molecule has 6 heteroatoms. The standard InChI is InChI=1S/C18H22N2O3S/c21-17(15-6-7-24-12-15)9-19-18(22)20-16-3-1-2-14(8-16)11-23-10-13-4-5-13/h1-3,6-8,12-13,17,21H,4-5,9-11H2,(H2,19,20,22). The monoisotopic (exact) mass is 346 g/mol. The maximum Gasteiger partial charge on any atom is 0.319 e. The summed E-state index contributed by atoms with van der Waals surface area (Å²) in [6.07, 6.45) is 1.86. The average Bonchev–Trinajstić information content (AvgIpc) is 3.23. The maximum atomic E-state index is 11.9. The Balaban J connectivity index is 1.43. The van der Waals surface area contributed by atoms with Gasteiger partial charge < -0.3 is 20.5 Å². The van der Waals surface area contributed by atoms with E-state index in [1.807, 2.05) is 41.1 Å². The van der Waals surface area contributed by atoms with E-state index in [9.17, 15) is 9.90 Å². The van der Waals surface area contributed by atoms with Crippen LogP contribution in [0.3, 0.4) is 0 Å². The number of carbonyl (C=O) groups excluding carboxylic acids is 1. The molecule has 0 bridgehead atoms. The molecule has 1 unspecified atom stereocenters. The first kappa shape index (κ1) is 17.0. The van der Waals surface area contributed by atoms with Crippen LogP contribution in [-0.2, 0) is 11.3 Å². The van der Waals surface area contributed by atoms with Gasteiger partial charge in [-0.2, -0.15) is 11.3 Å². The van der Waals surface area contributed by atoms with Gasteiger partial charge in [0.1, 0.15) is 0 Å². The fourth-order valence-corrected chi connectivity index (χ4v) is 3.02. The van der Waals surface area contributed by atoms with Gasteiger partial charge in [0.05, 0.1) is 12.7 Å². The van der Waals surface area contributed by atoms with Crippen LogP contribution in [0, 0.1) is 5.92 Å². The zero-order chi connectivity index (χ0) is 16.8. The number of thiophene rings is 1. The van der Waals surface area contributed by atoms with Crippen molar-refractivity contribution in [1.82, 2.24) is 5.32 Å². The SMILES string of the molecule is O=C(NCC(O)c1ccsc1)Nc1cccc(COCC2CC2)c1. The van der Waals surface area contributed by atoms with Crippen molar-refractivity contribution in [3.8, 4) is 0 Å². The van der Waals surface area contributed by atoms with E-state index >= 15 is 0 Å². The third-order valence-electron chi connectivity index (χ3n) is 3.89. The molecule has 0 spiro atoms. The van der Waals surface area contributed by atoms with Crippen molar-refractivity contribution in [2.45, 2.75) is 25.6 Å². The zero-order valence-electron chi connectivity index (χ0n) is 13.4. The molecular formula is C18H22N2O3S. The number of urea groups is 1. The van der Waals surface area contributed by atoms with Crippen molar-refractivity contribution in [2.24, 2.45) is 5.92 Å². The van der Waals surface area contributed by atoms with E-state index in [-0.39, 0.29) is 12.6 Å². The van der Waals surface area contributed by atoms with Crippen LogP contribution in [0.15, 0.2) is 41.1 Å². The van der Waals surface area contributed by atoms with Gasteiger partial charge in [-0.1, -0.05) is 12.1 Å². The van der Waals surface area contributed by atoms with Crippen LogP contribution in [0.5, 0.6) is 0 Å². The number of hydrogen-bond donors (Lipinski definition) is 3. The first-order chi connectivity index (χ1) is 11.7. The molecule has 1 aliphatic carbocycles. The van der Waals surface area contributed by atoms with Crippen LogP contribution in [-0.4, -0.2) is 24.3 Å². The number of ether oxygens (including phenoxy) is 1. The van der Waals surface area contributed by atoms with E-state index in [0.29, 0.717) is 12.3 Å². The maximum absolute atomic E-state index is 11.9. The third kappa shape index (κ3) is 5.33. The number of hydrogen-bond acceptors (Lipinski definition) is 4. The first-order valence-corrected chi connectivity index (χ1v) is 9.06. The van der Waals surface area contributed by atoms with Crippen molar-refractivity contribution in [3.63, 3.8) is 0 Å². The summed E-state index contributed by atoms with van der Waals surface area (Å²) in [4.78, 5) is 11.9. The summed E-state index contributed by atoms with van der Waals surface area (Å²) >= 11 is 1.52. The molecule has 1 fully saturated rings. The van der Waals surface area contributed by atoms with Crippen molar-refractivity contribution in [3.05, 3.63) is 52.2 Å². The number of amides is 2. The summed E-state index contributed by atoms with van der Waals surface area (Å²) in [7, 11) is 0. The Labute approximate surface area is 145 Å². The van der Waals surface area contributed by atoms with Crippen LogP contribution in [0.1, 0.15) is 30.1 Å². The van der Waals surface area contributed by atoms with E-state index in [4.69, 9.17) is 4.74 Å². The minimum Gasteiger partial charge on any atom is -0.387 e. The van der Waals surface area contributed by atoms with Gasteiger partial charge in [0, 0.05) is 18.8 Å². The average molecular weight is 346 g/mol. The Kier molecular flexibility index (Phi) is 5.85. The molecule has 128 valence electrons. The quantitative estimate of drug-likeness (QED) is 0.685. The summed E-state index contributed by atoms with van der Waals surface area (Å²) in [5.74, 6) is 0.742. The number of nitrogens with one attached hydrogen (secondary N) is 2. The van der Waals surface area contributed by atoms with Gasteiger partial charge in [0.25, 0.3) is 0 Å². The Morgan fingerprint density at radius 2 is 2.25 bits per heavy atom. The largest absolute Gasteiger partial charge is 0.387 e. The fraction of sp³-hybridized carbons (Fsp3) is 0.389. The zero-order valence-corrected chi connectivity index (χ0v) is 14.2. The lowest BCUT2D eigenvalue weighted by molar-refractivity contribution is 0.111. The molecule has 1 aromatic carbocycles. The van der Waals surface area contributed by atoms with Crippen molar-refractivity contribution >= 4 is 23.1 Å². The Morgan fingerprint density at radius 3 is 3.00 bits per heavy atom. The molecular weight excluding hydrogens is 324 g/mol. The van der Waals surface area contributed by atoms with E-state index in [2.05, 4.69) is 10.6 Å². The lowest BCUT2D eigenvalue weighted by atomic mass is 10.2. The summed E-state index contributed by atoms with van der Waals surface area (Å²) < 4.78 is 5.66. The second-order valence-electron chi connectivity index (χ2n) is 6.07. The van der Waals surface area contributed by atoms with Crippen LogP contribution in [0.2, 0.25) is 0 Å². The van der Waals surface area contributed by atoms with Crippen LogP contribution in [0.25, 0.3) is 0 Å². The molecule has 1 atom stereocenters. The highest BCUT2D eigenvalue weighted by atomic mass is 32.1. The molecule has 3 N–H and O–H groups in total.